The molecule has 7 nitrogen and oxygen atoms in total. The van der Waals surface area contributed by atoms with E-state index >= 15 is 0 Å². The van der Waals surface area contributed by atoms with Crippen molar-refractivity contribution in [2.75, 3.05) is 5.73 Å². The van der Waals surface area contributed by atoms with Gasteiger partial charge in [0, 0.05) is 12.6 Å². The van der Waals surface area contributed by atoms with E-state index in [2.05, 4.69) is 19.4 Å². The maximum absolute atomic E-state index is 13.5. The fraction of sp³-hybridized carbons (Fsp3) is 0.200. The molecule has 0 aliphatic carbocycles. The van der Waals surface area contributed by atoms with Gasteiger partial charge in [-0.25, -0.2) is 17.5 Å². The summed E-state index contributed by atoms with van der Waals surface area (Å²) in [6.07, 6.45) is 0. The summed E-state index contributed by atoms with van der Waals surface area (Å²) in [5, 5.41) is 3.52. The van der Waals surface area contributed by atoms with E-state index < -0.39 is 20.7 Å². The van der Waals surface area contributed by atoms with E-state index in [1.807, 2.05) is 0 Å². The molecule has 0 atom stereocenters. The van der Waals surface area contributed by atoms with Gasteiger partial charge < -0.3 is 10.3 Å². The lowest BCUT2D eigenvalue weighted by atomic mass is 10.3. The lowest BCUT2D eigenvalue weighted by Crippen LogP contribution is -2.24. The molecule has 0 aliphatic rings. The van der Waals surface area contributed by atoms with Crippen LogP contribution in [0.15, 0.2) is 27.6 Å². The maximum Gasteiger partial charge on any atom is 0.243 e. The van der Waals surface area contributed by atoms with Gasteiger partial charge in [0.05, 0.1) is 6.54 Å². The number of hydrogen-bond donors (Lipinski definition) is 2. The van der Waals surface area contributed by atoms with Crippen molar-refractivity contribution in [3.05, 3.63) is 35.7 Å². The van der Waals surface area contributed by atoms with Gasteiger partial charge in [0.1, 0.15) is 10.7 Å². The van der Waals surface area contributed by atoms with Gasteiger partial charge in [-0.1, -0.05) is 5.16 Å². The molecule has 0 fully saturated rings. The Morgan fingerprint density at radius 2 is 2.21 bits per heavy atom. The van der Waals surface area contributed by atoms with Gasteiger partial charge in [-0.2, -0.15) is 4.98 Å². The van der Waals surface area contributed by atoms with Crippen molar-refractivity contribution in [3.8, 4) is 0 Å². The summed E-state index contributed by atoms with van der Waals surface area (Å²) in [6.45, 7) is 1.38. The highest BCUT2D eigenvalue weighted by atomic mass is 32.2. The fourth-order valence-corrected chi connectivity index (χ4v) is 2.42. The largest absolute Gasteiger partial charge is 0.399 e. The van der Waals surface area contributed by atoms with Gasteiger partial charge in [-0.15, -0.1) is 0 Å². The van der Waals surface area contributed by atoms with Crippen molar-refractivity contribution in [1.29, 1.82) is 0 Å². The zero-order valence-electron chi connectivity index (χ0n) is 9.92. The van der Waals surface area contributed by atoms with Crippen LogP contribution in [0.25, 0.3) is 0 Å². The number of sulfonamides is 1. The average Bonchev–Trinajstić information content (AvgIpc) is 2.72. The zero-order valence-corrected chi connectivity index (χ0v) is 10.7. The number of aromatic nitrogens is 2. The molecule has 0 radical (unpaired) electrons. The van der Waals surface area contributed by atoms with Crippen LogP contribution in [0.5, 0.6) is 0 Å². The Kier molecular flexibility index (Phi) is 3.49. The molecule has 2 aromatic rings. The topological polar surface area (TPSA) is 111 Å². The molecule has 1 heterocycles. The first-order chi connectivity index (χ1) is 8.88. The zero-order chi connectivity index (χ0) is 14.0. The first-order valence-corrected chi connectivity index (χ1v) is 6.71. The molecular weight excluding hydrogens is 275 g/mol. The van der Waals surface area contributed by atoms with Gasteiger partial charge in [0.15, 0.2) is 5.82 Å². The summed E-state index contributed by atoms with van der Waals surface area (Å²) in [5.41, 5.74) is 5.49. The molecule has 0 spiro atoms. The molecule has 0 amide bonds. The first-order valence-electron chi connectivity index (χ1n) is 5.22. The summed E-state index contributed by atoms with van der Waals surface area (Å²) in [4.78, 5) is 3.34. The highest BCUT2D eigenvalue weighted by molar-refractivity contribution is 7.89. The van der Waals surface area contributed by atoms with Crippen molar-refractivity contribution in [2.24, 2.45) is 0 Å². The third-order valence-electron chi connectivity index (χ3n) is 2.24. The molecule has 3 N–H and O–H groups in total. The number of benzene rings is 1. The second-order valence-corrected chi connectivity index (χ2v) is 5.48. The predicted octanol–water partition coefficient (Wildman–Crippen LogP) is 0.578. The number of nitrogens with one attached hydrogen (secondary N) is 1. The molecule has 0 unspecified atom stereocenters. The molecule has 19 heavy (non-hydrogen) atoms. The number of halogens is 1. The van der Waals surface area contributed by atoms with Gasteiger partial charge in [0.25, 0.3) is 0 Å². The van der Waals surface area contributed by atoms with Gasteiger partial charge in [-0.05, 0) is 18.2 Å². The van der Waals surface area contributed by atoms with Crippen molar-refractivity contribution in [1.82, 2.24) is 14.9 Å². The van der Waals surface area contributed by atoms with Crippen molar-refractivity contribution < 1.29 is 17.3 Å². The van der Waals surface area contributed by atoms with Crippen LogP contribution in [0.4, 0.5) is 10.1 Å². The van der Waals surface area contributed by atoms with Crippen LogP contribution in [0.1, 0.15) is 11.7 Å². The van der Waals surface area contributed by atoms with E-state index in [4.69, 9.17) is 5.73 Å². The monoisotopic (exact) mass is 286 g/mol. The number of hydrogen-bond acceptors (Lipinski definition) is 6. The lowest BCUT2D eigenvalue weighted by Gasteiger charge is -2.06. The second-order valence-electron chi connectivity index (χ2n) is 3.74. The van der Waals surface area contributed by atoms with E-state index in [0.717, 1.165) is 12.1 Å². The molecule has 1 aromatic heterocycles. The highest BCUT2D eigenvalue weighted by Gasteiger charge is 2.19. The van der Waals surface area contributed by atoms with Gasteiger partial charge in [-0.3, -0.25) is 0 Å². The first kappa shape index (κ1) is 13.4. The molecule has 2 rings (SSSR count). The normalized spacial score (nSPS) is 11.7. The molecule has 0 aliphatic heterocycles. The van der Waals surface area contributed by atoms with Gasteiger partial charge in [0.2, 0.25) is 15.9 Å². The third-order valence-corrected chi connectivity index (χ3v) is 3.67. The van der Waals surface area contributed by atoms with Crippen LogP contribution in [0.2, 0.25) is 0 Å². The van der Waals surface area contributed by atoms with E-state index in [1.165, 1.54) is 6.07 Å². The highest BCUT2D eigenvalue weighted by Crippen LogP contribution is 2.17. The lowest BCUT2D eigenvalue weighted by molar-refractivity contribution is 0.387. The summed E-state index contributed by atoms with van der Waals surface area (Å²) in [6, 6.07) is 3.33. The maximum atomic E-state index is 13.5. The quantitative estimate of drug-likeness (QED) is 0.795. The van der Waals surface area contributed by atoms with Crippen molar-refractivity contribution >= 4 is 15.7 Å². The molecule has 0 saturated heterocycles. The molecular formula is C10H11FN4O3S. The Morgan fingerprint density at radius 1 is 1.47 bits per heavy atom. The van der Waals surface area contributed by atoms with Crippen LogP contribution in [-0.2, 0) is 16.6 Å². The van der Waals surface area contributed by atoms with Gasteiger partial charge >= 0.3 is 0 Å². The molecule has 0 bridgehead atoms. The Labute approximate surface area is 108 Å². The SMILES string of the molecule is Cc1nc(CNS(=O)(=O)c2ccc(N)cc2F)no1. The molecule has 1 aromatic carbocycles. The van der Waals surface area contributed by atoms with Crippen molar-refractivity contribution in [2.45, 2.75) is 18.4 Å². The summed E-state index contributed by atoms with van der Waals surface area (Å²) >= 11 is 0. The molecule has 102 valence electrons. The Bertz CT molecular complexity index is 699. The van der Waals surface area contributed by atoms with E-state index in [-0.39, 0.29) is 18.1 Å². The minimum Gasteiger partial charge on any atom is -0.399 e. The minimum absolute atomic E-state index is 0.144. The summed E-state index contributed by atoms with van der Waals surface area (Å²) in [5.74, 6) is -0.443. The number of aryl methyl sites for hydroxylation is 1. The third kappa shape index (κ3) is 3.06. The number of nitrogens with zero attached hydrogens (tertiary/aromatic N) is 2. The predicted molar refractivity (Wildman–Crippen MR) is 63.9 cm³/mol. The van der Waals surface area contributed by atoms with Crippen LogP contribution in [0.3, 0.4) is 0 Å². The number of rotatable bonds is 4. The average molecular weight is 286 g/mol. The molecule has 0 saturated carbocycles. The number of anilines is 1. The molecule has 9 heteroatoms. The summed E-state index contributed by atoms with van der Waals surface area (Å²) < 4.78 is 44.1. The minimum atomic E-state index is -4.00. The van der Waals surface area contributed by atoms with Crippen LogP contribution < -0.4 is 10.5 Å². The Balaban J connectivity index is 2.18. The van der Waals surface area contributed by atoms with Crippen LogP contribution >= 0.6 is 0 Å². The summed E-state index contributed by atoms with van der Waals surface area (Å²) in [7, 11) is -4.00. The van der Waals surface area contributed by atoms with E-state index in [0.29, 0.717) is 5.89 Å². The Hall–Kier alpha value is -2.00. The number of nitrogen functional groups attached to an aromatic ring is 1. The fourth-order valence-electron chi connectivity index (χ4n) is 1.39. The smallest absolute Gasteiger partial charge is 0.243 e. The van der Waals surface area contributed by atoms with Crippen LogP contribution in [0, 0.1) is 12.7 Å². The number of nitrogens with two attached hydrogens (primary N) is 1. The van der Waals surface area contributed by atoms with E-state index in [9.17, 15) is 12.8 Å². The van der Waals surface area contributed by atoms with Crippen LogP contribution in [-0.4, -0.2) is 18.6 Å². The standard InChI is InChI=1S/C10H11FN4O3S/c1-6-14-10(15-18-6)5-13-19(16,17)9-3-2-7(12)4-8(9)11/h2-4,13H,5,12H2,1H3. The van der Waals surface area contributed by atoms with Crippen molar-refractivity contribution in [3.63, 3.8) is 0 Å². The second kappa shape index (κ2) is 4.94. The Morgan fingerprint density at radius 3 is 2.79 bits per heavy atom. The van der Waals surface area contributed by atoms with E-state index in [1.54, 1.807) is 6.92 Å².